The molecule has 0 aromatic rings. The van der Waals surface area contributed by atoms with E-state index < -0.39 is 23.6 Å². The third kappa shape index (κ3) is 17.8. The van der Waals surface area contributed by atoms with Gasteiger partial charge in [-0.15, -0.1) is 0 Å². The second kappa shape index (κ2) is 13.3. The molecule has 0 aromatic carbocycles. The molecule has 4 N–H and O–H groups in total. The number of hydrogen-bond donors (Lipinski definition) is 5. The van der Waals surface area contributed by atoms with Crippen molar-refractivity contribution in [3.63, 3.8) is 0 Å². The summed E-state index contributed by atoms with van der Waals surface area (Å²) in [6.45, 7) is 0.566. The average molecular weight is 268 g/mol. The SMILES string of the molecule is O=C(O)CC(S)C(=O)O.OCCCCCCO. The van der Waals surface area contributed by atoms with Crippen molar-refractivity contribution >= 4 is 24.6 Å². The van der Waals surface area contributed by atoms with Crippen LogP contribution in [0.4, 0.5) is 0 Å². The number of aliphatic carboxylic acids is 2. The van der Waals surface area contributed by atoms with E-state index in [0.717, 1.165) is 25.7 Å². The first-order chi connectivity index (χ1) is 7.95. The van der Waals surface area contributed by atoms with Crippen LogP contribution in [0.5, 0.6) is 0 Å². The highest BCUT2D eigenvalue weighted by atomic mass is 32.1. The Bertz CT molecular complexity index is 203. The number of carboxylic acid groups (broad SMARTS) is 2. The van der Waals surface area contributed by atoms with Gasteiger partial charge >= 0.3 is 11.9 Å². The summed E-state index contributed by atoms with van der Waals surface area (Å²) in [5.74, 6) is -2.36. The molecule has 0 aliphatic heterocycles. The Morgan fingerprint density at radius 3 is 1.53 bits per heavy atom. The quantitative estimate of drug-likeness (QED) is 0.321. The van der Waals surface area contributed by atoms with Crippen LogP contribution in [0.1, 0.15) is 32.1 Å². The van der Waals surface area contributed by atoms with Crippen molar-refractivity contribution in [3.8, 4) is 0 Å². The summed E-state index contributed by atoms with van der Waals surface area (Å²) in [6.07, 6.45) is 3.38. The molecule has 0 saturated heterocycles. The third-order valence-corrected chi connectivity index (χ3v) is 2.12. The summed E-state index contributed by atoms with van der Waals surface area (Å²) in [5.41, 5.74) is 0. The van der Waals surface area contributed by atoms with Crippen LogP contribution in [0.25, 0.3) is 0 Å². The Morgan fingerprint density at radius 2 is 1.35 bits per heavy atom. The molecule has 0 bridgehead atoms. The van der Waals surface area contributed by atoms with Gasteiger partial charge in [-0.3, -0.25) is 9.59 Å². The van der Waals surface area contributed by atoms with E-state index in [-0.39, 0.29) is 13.2 Å². The lowest BCUT2D eigenvalue weighted by Gasteiger charge is -1.97. The van der Waals surface area contributed by atoms with Crippen LogP contribution < -0.4 is 0 Å². The summed E-state index contributed by atoms with van der Waals surface area (Å²) in [4.78, 5) is 19.7. The number of aliphatic hydroxyl groups is 2. The molecule has 0 aromatic heterocycles. The van der Waals surface area contributed by atoms with Gasteiger partial charge in [0.05, 0.1) is 6.42 Å². The van der Waals surface area contributed by atoms with Crippen LogP contribution >= 0.6 is 12.6 Å². The Kier molecular flexibility index (Phi) is 14.5. The highest BCUT2D eigenvalue weighted by Crippen LogP contribution is 1.99. The second-order valence-corrected chi connectivity index (χ2v) is 3.94. The standard InChI is InChI=1S/C6H14O2.C4H6O4S/c7-5-3-1-2-4-6-8;5-3(6)1-2(9)4(7)8/h7-8H,1-6H2;2,9H,1H2,(H,5,6)(H,7,8). The zero-order valence-electron chi connectivity index (χ0n) is 9.58. The molecule has 1 atom stereocenters. The van der Waals surface area contributed by atoms with Crippen molar-refractivity contribution in [2.45, 2.75) is 37.4 Å². The van der Waals surface area contributed by atoms with Gasteiger partial charge in [0.15, 0.2) is 0 Å². The fourth-order valence-electron chi connectivity index (χ4n) is 0.830. The minimum absolute atomic E-state index is 0.283. The lowest BCUT2D eigenvalue weighted by molar-refractivity contribution is -0.142. The predicted octanol–water partition coefficient (Wildman–Crippen LogP) is 0.376. The van der Waals surface area contributed by atoms with Gasteiger partial charge in [0.2, 0.25) is 0 Å². The minimum Gasteiger partial charge on any atom is -0.481 e. The molecule has 17 heavy (non-hydrogen) atoms. The topological polar surface area (TPSA) is 115 Å². The van der Waals surface area contributed by atoms with Crippen molar-refractivity contribution in [1.29, 1.82) is 0 Å². The zero-order chi connectivity index (χ0) is 13.7. The number of rotatable bonds is 8. The highest BCUT2D eigenvalue weighted by molar-refractivity contribution is 7.81. The average Bonchev–Trinajstić information content (AvgIpc) is 2.24. The Morgan fingerprint density at radius 1 is 0.941 bits per heavy atom. The molecular formula is C10H20O6S. The summed E-state index contributed by atoms with van der Waals surface area (Å²) in [6, 6.07) is 0. The molecule has 0 aliphatic rings. The van der Waals surface area contributed by atoms with E-state index in [0.29, 0.717) is 0 Å². The summed E-state index contributed by atoms with van der Waals surface area (Å²) >= 11 is 3.48. The molecule has 0 heterocycles. The van der Waals surface area contributed by atoms with Gasteiger partial charge in [0.25, 0.3) is 0 Å². The van der Waals surface area contributed by atoms with Gasteiger partial charge in [-0.25, -0.2) is 0 Å². The Labute approximate surface area is 106 Å². The fourth-order valence-corrected chi connectivity index (χ4v) is 0.986. The van der Waals surface area contributed by atoms with Crippen LogP contribution in [0.3, 0.4) is 0 Å². The molecular weight excluding hydrogens is 248 g/mol. The van der Waals surface area contributed by atoms with Crippen LogP contribution in [-0.4, -0.2) is 50.8 Å². The van der Waals surface area contributed by atoms with Crippen LogP contribution in [0.15, 0.2) is 0 Å². The van der Waals surface area contributed by atoms with Crippen LogP contribution in [0.2, 0.25) is 0 Å². The number of hydrogen-bond acceptors (Lipinski definition) is 5. The minimum atomic E-state index is -1.21. The van der Waals surface area contributed by atoms with Crippen LogP contribution in [-0.2, 0) is 9.59 Å². The zero-order valence-corrected chi connectivity index (χ0v) is 10.5. The number of aliphatic hydroxyl groups excluding tert-OH is 2. The highest BCUT2D eigenvalue weighted by Gasteiger charge is 2.14. The molecule has 0 rings (SSSR count). The van der Waals surface area contributed by atoms with Gasteiger partial charge in [-0.05, 0) is 12.8 Å². The van der Waals surface area contributed by atoms with E-state index in [1.807, 2.05) is 0 Å². The first-order valence-corrected chi connectivity index (χ1v) is 5.81. The summed E-state index contributed by atoms with van der Waals surface area (Å²) in [7, 11) is 0. The van der Waals surface area contributed by atoms with E-state index in [9.17, 15) is 9.59 Å². The summed E-state index contributed by atoms with van der Waals surface area (Å²) in [5, 5.41) is 31.6. The third-order valence-electron chi connectivity index (χ3n) is 1.72. The largest absolute Gasteiger partial charge is 0.481 e. The van der Waals surface area contributed by atoms with Crippen molar-refractivity contribution in [3.05, 3.63) is 0 Å². The first kappa shape index (κ1) is 18.6. The Hall–Kier alpha value is -0.790. The van der Waals surface area contributed by atoms with Crippen molar-refractivity contribution in [2.24, 2.45) is 0 Å². The number of carboxylic acids is 2. The molecule has 0 saturated carbocycles. The van der Waals surface area contributed by atoms with E-state index in [1.54, 1.807) is 0 Å². The second-order valence-electron chi connectivity index (χ2n) is 3.31. The van der Waals surface area contributed by atoms with E-state index in [4.69, 9.17) is 20.4 Å². The van der Waals surface area contributed by atoms with E-state index >= 15 is 0 Å². The number of unbranched alkanes of at least 4 members (excludes halogenated alkanes) is 3. The smallest absolute Gasteiger partial charge is 0.316 e. The fraction of sp³-hybridized carbons (Fsp3) is 0.800. The lowest BCUT2D eigenvalue weighted by atomic mass is 10.2. The van der Waals surface area contributed by atoms with Gasteiger partial charge < -0.3 is 20.4 Å². The van der Waals surface area contributed by atoms with Gasteiger partial charge in [-0.1, -0.05) is 12.8 Å². The molecule has 0 spiro atoms. The predicted molar refractivity (Wildman–Crippen MR) is 65.3 cm³/mol. The summed E-state index contributed by atoms with van der Waals surface area (Å²) < 4.78 is 0. The monoisotopic (exact) mass is 268 g/mol. The molecule has 0 radical (unpaired) electrons. The molecule has 6 nitrogen and oxygen atoms in total. The maximum atomic E-state index is 9.90. The van der Waals surface area contributed by atoms with Crippen molar-refractivity contribution in [1.82, 2.24) is 0 Å². The maximum absolute atomic E-state index is 9.90. The number of carbonyl (C=O) groups is 2. The van der Waals surface area contributed by atoms with Crippen molar-refractivity contribution < 1.29 is 30.0 Å². The van der Waals surface area contributed by atoms with E-state index in [1.165, 1.54) is 0 Å². The molecule has 0 amide bonds. The van der Waals surface area contributed by atoms with Gasteiger partial charge in [-0.2, -0.15) is 12.6 Å². The van der Waals surface area contributed by atoms with Gasteiger partial charge in [0, 0.05) is 13.2 Å². The molecule has 0 aliphatic carbocycles. The normalized spacial score (nSPS) is 11.2. The molecule has 7 heteroatoms. The Balaban J connectivity index is 0. The lowest BCUT2D eigenvalue weighted by Crippen LogP contribution is -2.17. The molecule has 102 valence electrons. The first-order valence-electron chi connectivity index (χ1n) is 5.30. The van der Waals surface area contributed by atoms with E-state index in [2.05, 4.69) is 12.6 Å². The number of thiol groups is 1. The van der Waals surface area contributed by atoms with Crippen molar-refractivity contribution in [2.75, 3.05) is 13.2 Å². The molecule has 1 unspecified atom stereocenters. The van der Waals surface area contributed by atoms with Crippen LogP contribution in [0, 0.1) is 0 Å². The van der Waals surface area contributed by atoms with Gasteiger partial charge in [0.1, 0.15) is 5.25 Å². The molecule has 0 fully saturated rings. The maximum Gasteiger partial charge on any atom is 0.316 e.